The SMILES string of the molecule is O=C(Nc1csc(-c2ccc(Cl)c(Cl)c2)c1C(=O)O)c1ccc(F)cc1. The third kappa shape index (κ3) is 3.72. The van der Waals surface area contributed by atoms with Crippen LogP contribution in [0.3, 0.4) is 0 Å². The number of aromatic carboxylic acids is 1. The number of anilines is 1. The smallest absolute Gasteiger partial charge is 0.339 e. The van der Waals surface area contributed by atoms with E-state index in [1.807, 2.05) is 0 Å². The molecule has 0 bridgehead atoms. The number of hydrogen-bond acceptors (Lipinski definition) is 3. The number of amides is 1. The van der Waals surface area contributed by atoms with Crippen LogP contribution in [-0.2, 0) is 0 Å². The molecule has 26 heavy (non-hydrogen) atoms. The van der Waals surface area contributed by atoms with E-state index in [0.717, 1.165) is 23.5 Å². The van der Waals surface area contributed by atoms with Crippen molar-refractivity contribution < 1.29 is 19.1 Å². The molecule has 1 aromatic heterocycles. The summed E-state index contributed by atoms with van der Waals surface area (Å²) in [5, 5.41) is 14.3. The fraction of sp³-hybridized carbons (Fsp3) is 0. The lowest BCUT2D eigenvalue weighted by Gasteiger charge is -2.07. The molecule has 4 nitrogen and oxygen atoms in total. The number of rotatable bonds is 4. The van der Waals surface area contributed by atoms with Gasteiger partial charge in [-0.25, -0.2) is 9.18 Å². The second-order valence-electron chi connectivity index (χ2n) is 5.25. The van der Waals surface area contributed by atoms with Crippen LogP contribution in [0.1, 0.15) is 20.7 Å². The first-order valence-corrected chi connectivity index (χ1v) is 8.87. The molecule has 0 saturated heterocycles. The van der Waals surface area contributed by atoms with Crippen LogP contribution in [0.5, 0.6) is 0 Å². The lowest BCUT2D eigenvalue weighted by atomic mass is 10.1. The van der Waals surface area contributed by atoms with Crippen molar-refractivity contribution in [2.45, 2.75) is 0 Å². The van der Waals surface area contributed by atoms with E-state index in [4.69, 9.17) is 23.2 Å². The number of nitrogens with one attached hydrogen (secondary N) is 1. The van der Waals surface area contributed by atoms with Gasteiger partial charge in [-0.15, -0.1) is 11.3 Å². The minimum Gasteiger partial charge on any atom is -0.478 e. The van der Waals surface area contributed by atoms with Crippen molar-refractivity contribution in [2.24, 2.45) is 0 Å². The molecule has 0 atom stereocenters. The van der Waals surface area contributed by atoms with E-state index in [9.17, 15) is 19.1 Å². The first-order chi connectivity index (χ1) is 12.4. The first-order valence-electron chi connectivity index (χ1n) is 7.24. The van der Waals surface area contributed by atoms with E-state index >= 15 is 0 Å². The molecule has 0 radical (unpaired) electrons. The number of carbonyl (C=O) groups excluding carboxylic acids is 1. The lowest BCUT2D eigenvalue weighted by Crippen LogP contribution is -2.14. The second-order valence-corrected chi connectivity index (χ2v) is 6.94. The number of carboxylic acid groups (broad SMARTS) is 1. The van der Waals surface area contributed by atoms with Gasteiger partial charge in [0.15, 0.2) is 0 Å². The predicted molar refractivity (Wildman–Crippen MR) is 101 cm³/mol. The molecule has 132 valence electrons. The lowest BCUT2D eigenvalue weighted by molar-refractivity contribution is 0.0699. The van der Waals surface area contributed by atoms with Crippen LogP contribution >= 0.6 is 34.5 Å². The molecule has 0 aliphatic carbocycles. The van der Waals surface area contributed by atoms with Gasteiger partial charge in [-0.05, 0) is 42.0 Å². The molecule has 0 unspecified atom stereocenters. The second kappa shape index (κ2) is 7.45. The summed E-state index contributed by atoms with van der Waals surface area (Å²) in [5.41, 5.74) is 0.885. The largest absolute Gasteiger partial charge is 0.478 e. The van der Waals surface area contributed by atoms with Crippen molar-refractivity contribution in [1.82, 2.24) is 0 Å². The summed E-state index contributed by atoms with van der Waals surface area (Å²) < 4.78 is 13.0. The molecule has 0 fully saturated rings. The fourth-order valence-electron chi connectivity index (χ4n) is 2.31. The Hall–Kier alpha value is -2.41. The van der Waals surface area contributed by atoms with E-state index in [-0.39, 0.29) is 16.8 Å². The van der Waals surface area contributed by atoms with Crippen molar-refractivity contribution >= 4 is 52.1 Å². The molecule has 8 heteroatoms. The Labute approximate surface area is 161 Å². The van der Waals surface area contributed by atoms with Gasteiger partial charge in [-0.2, -0.15) is 0 Å². The Morgan fingerprint density at radius 2 is 1.73 bits per heavy atom. The quantitative estimate of drug-likeness (QED) is 0.570. The zero-order valence-electron chi connectivity index (χ0n) is 12.9. The molecule has 1 heterocycles. The maximum absolute atomic E-state index is 13.0. The topological polar surface area (TPSA) is 66.4 Å². The highest BCUT2D eigenvalue weighted by atomic mass is 35.5. The third-order valence-corrected chi connectivity index (χ3v) is 5.31. The van der Waals surface area contributed by atoms with Gasteiger partial charge in [0.1, 0.15) is 11.4 Å². The maximum Gasteiger partial charge on any atom is 0.339 e. The number of carbonyl (C=O) groups is 2. The molecule has 3 aromatic rings. The number of benzene rings is 2. The summed E-state index contributed by atoms with van der Waals surface area (Å²) in [6.45, 7) is 0. The average Bonchev–Trinajstić information content (AvgIpc) is 3.01. The molecular formula is C18H10Cl2FNO3S. The van der Waals surface area contributed by atoms with Crippen LogP contribution in [0, 0.1) is 5.82 Å². The summed E-state index contributed by atoms with van der Waals surface area (Å²) in [6.07, 6.45) is 0. The van der Waals surface area contributed by atoms with Crippen LogP contribution in [-0.4, -0.2) is 17.0 Å². The number of thiophene rings is 1. The van der Waals surface area contributed by atoms with E-state index in [0.29, 0.717) is 20.5 Å². The van der Waals surface area contributed by atoms with E-state index < -0.39 is 17.7 Å². The molecule has 3 rings (SSSR count). The van der Waals surface area contributed by atoms with Crippen molar-refractivity contribution in [3.63, 3.8) is 0 Å². The summed E-state index contributed by atoms with van der Waals surface area (Å²) in [5.74, 6) is -2.20. The van der Waals surface area contributed by atoms with Crippen molar-refractivity contribution in [3.05, 3.63) is 74.8 Å². The summed E-state index contributed by atoms with van der Waals surface area (Å²) >= 11 is 13.1. The number of carboxylic acids is 1. The molecular weight excluding hydrogens is 400 g/mol. The summed E-state index contributed by atoms with van der Waals surface area (Å²) in [4.78, 5) is 24.5. The van der Waals surface area contributed by atoms with Gasteiger partial charge in [0.05, 0.1) is 20.6 Å². The number of halogens is 3. The van der Waals surface area contributed by atoms with E-state index in [1.165, 1.54) is 17.5 Å². The molecule has 1 amide bonds. The molecule has 0 saturated carbocycles. The Bertz CT molecular complexity index is 1000. The highest BCUT2D eigenvalue weighted by Gasteiger charge is 2.22. The zero-order valence-corrected chi connectivity index (χ0v) is 15.3. The number of hydrogen-bond donors (Lipinski definition) is 2. The van der Waals surface area contributed by atoms with Crippen LogP contribution in [0.4, 0.5) is 10.1 Å². The highest BCUT2D eigenvalue weighted by Crippen LogP contribution is 2.38. The third-order valence-electron chi connectivity index (χ3n) is 3.54. The Morgan fingerprint density at radius 1 is 1.04 bits per heavy atom. The molecule has 0 aliphatic rings. The van der Waals surface area contributed by atoms with Gasteiger partial charge in [0.2, 0.25) is 0 Å². The zero-order chi connectivity index (χ0) is 18.8. The average molecular weight is 410 g/mol. The van der Waals surface area contributed by atoms with Crippen LogP contribution in [0.15, 0.2) is 47.8 Å². The molecule has 2 aromatic carbocycles. The standard InChI is InChI=1S/C18H10Cl2FNO3S/c19-12-6-3-10(7-13(12)20)16-15(18(24)25)14(8-26-16)22-17(23)9-1-4-11(21)5-2-9/h1-8H,(H,22,23)(H,24,25). The van der Waals surface area contributed by atoms with Crippen molar-refractivity contribution in [1.29, 1.82) is 0 Å². The maximum atomic E-state index is 13.0. The van der Waals surface area contributed by atoms with Gasteiger partial charge in [0, 0.05) is 10.9 Å². The fourth-order valence-corrected chi connectivity index (χ4v) is 3.60. The summed E-state index contributed by atoms with van der Waals surface area (Å²) in [6, 6.07) is 9.73. The Kier molecular flexibility index (Phi) is 5.27. The Balaban J connectivity index is 1.97. The van der Waals surface area contributed by atoms with Crippen molar-refractivity contribution in [2.75, 3.05) is 5.32 Å². The molecule has 2 N–H and O–H groups in total. The van der Waals surface area contributed by atoms with E-state index in [2.05, 4.69) is 5.32 Å². The van der Waals surface area contributed by atoms with Gasteiger partial charge >= 0.3 is 5.97 Å². The minimum absolute atomic E-state index is 0.0520. The summed E-state index contributed by atoms with van der Waals surface area (Å²) in [7, 11) is 0. The van der Waals surface area contributed by atoms with Crippen molar-refractivity contribution in [3.8, 4) is 10.4 Å². The van der Waals surface area contributed by atoms with Crippen LogP contribution in [0.25, 0.3) is 10.4 Å². The Morgan fingerprint density at radius 3 is 2.35 bits per heavy atom. The molecule has 0 aliphatic heterocycles. The monoisotopic (exact) mass is 409 g/mol. The minimum atomic E-state index is -1.19. The van der Waals surface area contributed by atoms with Gasteiger partial charge in [0.25, 0.3) is 5.91 Å². The first kappa shape index (κ1) is 18.4. The van der Waals surface area contributed by atoms with Gasteiger partial charge in [-0.3, -0.25) is 4.79 Å². The predicted octanol–water partition coefficient (Wildman–Crippen LogP) is 5.81. The van der Waals surface area contributed by atoms with E-state index in [1.54, 1.807) is 18.2 Å². The normalized spacial score (nSPS) is 10.6. The van der Waals surface area contributed by atoms with Crippen LogP contribution in [0.2, 0.25) is 10.0 Å². The molecule has 0 spiro atoms. The van der Waals surface area contributed by atoms with Crippen LogP contribution < -0.4 is 5.32 Å². The highest BCUT2D eigenvalue weighted by molar-refractivity contribution is 7.14. The van der Waals surface area contributed by atoms with Gasteiger partial charge in [-0.1, -0.05) is 29.3 Å². The van der Waals surface area contributed by atoms with Gasteiger partial charge < -0.3 is 10.4 Å².